The number of carbonyl (C=O) groups excluding carboxylic acids is 1. The Balaban J connectivity index is 0.00000180. The molecule has 8 heteroatoms. The summed E-state index contributed by atoms with van der Waals surface area (Å²) in [5.74, 6) is 1.41. The van der Waals surface area contributed by atoms with Gasteiger partial charge >= 0.3 is 0 Å². The number of aromatic nitrogens is 2. The van der Waals surface area contributed by atoms with Crippen LogP contribution in [-0.4, -0.2) is 57.7 Å². The van der Waals surface area contributed by atoms with E-state index in [2.05, 4.69) is 10.3 Å². The van der Waals surface area contributed by atoms with E-state index in [1.807, 2.05) is 4.90 Å². The maximum atomic E-state index is 12.7. The molecule has 0 bridgehead atoms. The molecule has 4 aliphatic rings. The van der Waals surface area contributed by atoms with Crippen LogP contribution in [-0.2, 0) is 16.6 Å². The summed E-state index contributed by atoms with van der Waals surface area (Å²) in [7, 11) is 0. The average molecular weight is 395 g/mol. The number of halogens is 1. The van der Waals surface area contributed by atoms with E-state index in [1.165, 1.54) is 0 Å². The van der Waals surface area contributed by atoms with E-state index in [1.54, 1.807) is 0 Å². The molecule has 0 aromatic carbocycles. The lowest BCUT2D eigenvalue weighted by molar-refractivity contribution is -0.134. The molecule has 7 nitrogen and oxygen atoms in total. The molecule has 3 heterocycles. The van der Waals surface area contributed by atoms with Crippen LogP contribution in [0.3, 0.4) is 0 Å². The topological polar surface area (TPSA) is 98.3 Å². The van der Waals surface area contributed by atoms with Gasteiger partial charge in [0.2, 0.25) is 5.91 Å². The number of likely N-dealkylation sites (tertiary alicyclic amines) is 1. The van der Waals surface area contributed by atoms with Crippen LogP contribution in [0.5, 0.6) is 0 Å². The highest BCUT2D eigenvalue weighted by Crippen LogP contribution is 2.46. The molecule has 0 unspecified atom stereocenters. The Kier molecular flexibility index (Phi) is 4.81. The maximum Gasteiger partial charge on any atom is 0.254 e. The fraction of sp³-hybridized carbons (Fsp3) is 0.737. The predicted octanol–water partition coefficient (Wildman–Crippen LogP) is 0.598. The molecule has 2 atom stereocenters. The zero-order valence-corrected chi connectivity index (χ0v) is 16.2. The summed E-state index contributed by atoms with van der Waals surface area (Å²) in [6.45, 7) is 1.91. The lowest BCUT2D eigenvalue weighted by Crippen LogP contribution is -2.50. The van der Waals surface area contributed by atoms with Crippen molar-refractivity contribution in [3.05, 3.63) is 27.4 Å². The van der Waals surface area contributed by atoms with Crippen molar-refractivity contribution in [1.29, 1.82) is 0 Å². The summed E-state index contributed by atoms with van der Waals surface area (Å²) in [4.78, 5) is 35.0. The first-order valence-electron chi connectivity index (χ1n) is 9.89. The summed E-state index contributed by atoms with van der Waals surface area (Å²) in [5.41, 5.74) is 1.91. The van der Waals surface area contributed by atoms with Crippen LogP contribution in [0.2, 0.25) is 0 Å². The first-order chi connectivity index (χ1) is 12.6. The van der Waals surface area contributed by atoms with Gasteiger partial charge in [0.05, 0.1) is 17.8 Å². The van der Waals surface area contributed by atoms with Gasteiger partial charge in [0, 0.05) is 36.5 Å². The molecule has 1 aromatic rings. The number of hydrogen-bond donors (Lipinski definition) is 3. The molecular weight excluding hydrogens is 368 g/mol. The third kappa shape index (κ3) is 3.19. The molecule has 1 spiro atoms. The Labute approximate surface area is 164 Å². The van der Waals surface area contributed by atoms with Crippen molar-refractivity contribution in [1.82, 2.24) is 20.2 Å². The highest BCUT2D eigenvalue weighted by Gasteiger charge is 2.46. The molecule has 1 amide bonds. The number of amides is 1. The van der Waals surface area contributed by atoms with Gasteiger partial charge in [-0.25, -0.2) is 4.98 Å². The van der Waals surface area contributed by atoms with E-state index in [0.717, 1.165) is 55.6 Å². The van der Waals surface area contributed by atoms with Gasteiger partial charge in [-0.2, -0.15) is 0 Å². The van der Waals surface area contributed by atoms with E-state index in [9.17, 15) is 14.7 Å². The van der Waals surface area contributed by atoms with Gasteiger partial charge in [-0.15, -0.1) is 12.4 Å². The number of fused-ring (bicyclic) bond motifs is 2. The number of aliphatic hydroxyl groups excluding tert-OH is 1. The quantitative estimate of drug-likeness (QED) is 0.682. The summed E-state index contributed by atoms with van der Waals surface area (Å²) < 4.78 is 0. The van der Waals surface area contributed by atoms with Crippen LogP contribution in [0, 0.1) is 0 Å². The van der Waals surface area contributed by atoms with Gasteiger partial charge in [0.25, 0.3) is 5.56 Å². The van der Waals surface area contributed by atoms with Crippen LogP contribution in [0.1, 0.15) is 61.5 Å². The van der Waals surface area contributed by atoms with Gasteiger partial charge in [-0.05, 0) is 44.9 Å². The second-order valence-corrected chi connectivity index (χ2v) is 8.51. The SMILES string of the molecule is Cl.O=C([C@@H]1C[C@@H](O)CN1)N1CCC2(CCc3c2nc(C2CC2)[nH]c3=O)CC1. The van der Waals surface area contributed by atoms with E-state index in [-0.39, 0.29) is 35.3 Å². The molecule has 2 saturated heterocycles. The predicted molar refractivity (Wildman–Crippen MR) is 102 cm³/mol. The van der Waals surface area contributed by atoms with Crippen molar-refractivity contribution in [3.63, 3.8) is 0 Å². The number of nitrogens with zero attached hydrogens (tertiary/aromatic N) is 2. The van der Waals surface area contributed by atoms with E-state index < -0.39 is 6.10 Å². The Hall–Kier alpha value is -1.44. The molecule has 27 heavy (non-hydrogen) atoms. The zero-order valence-electron chi connectivity index (χ0n) is 15.4. The van der Waals surface area contributed by atoms with E-state index >= 15 is 0 Å². The lowest BCUT2D eigenvalue weighted by Gasteiger charge is -2.40. The average Bonchev–Trinajstić information content (AvgIpc) is 3.32. The normalized spacial score (nSPS) is 28.9. The monoisotopic (exact) mass is 394 g/mol. The van der Waals surface area contributed by atoms with Gasteiger partial charge in [-0.1, -0.05) is 0 Å². The highest BCUT2D eigenvalue weighted by atomic mass is 35.5. The second-order valence-electron chi connectivity index (χ2n) is 8.51. The van der Waals surface area contributed by atoms with Crippen LogP contribution in [0.15, 0.2) is 4.79 Å². The fourth-order valence-corrected chi connectivity index (χ4v) is 4.99. The minimum Gasteiger partial charge on any atom is -0.392 e. The van der Waals surface area contributed by atoms with Crippen LogP contribution in [0.25, 0.3) is 0 Å². The Morgan fingerprint density at radius 1 is 1.22 bits per heavy atom. The summed E-state index contributed by atoms with van der Waals surface area (Å²) in [6.07, 6.45) is 5.85. The molecule has 148 valence electrons. The first kappa shape index (κ1) is 18.9. The van der Waals surface area contributed by atoms with Crippen LogP contribution < -0.4 is 10.9 Å². The number of carbonyl (C=O) groups is 1. The summed E-state index contributed by atoms with van der Waals surface area (Å²) in [6, 6.07) is -0.252. The van der Waals surface area contributed by atoms with Gasteiger partial charge in [-0.3, -0.25) is 9.59 Å². The number of piperidine rings is 1. The van der Waals surface area contributed by atoms with Crippen molar-refractivity contribution in [2.75, 3.05) is 19.6 Å². The molecule has 0 radical (unpaired) electrons. The molecule has 2 aliphatic heterocycles. The van der Waals surface area contributed by atoms with Gasteiger partial charge in [0.1, 0.15) is 5.82 Å². The van der Waals surface area contributed by atoms with E-state index in [0.29, 0.717) is 32.0 Å². The number of aliphatic hydroxyl groups is 1. The zero-order chi connectivity index (χ0) is 17.9. The fourth-order valence-electron chi connectivity index (χ4n) is 4.99. The third-order valence-corrected chi connectivity index (χ3v) is 6.79. The molecule has 1 aromatic heterocycles. The third-order valence-electron chi connectivity index (χ3n) is 6.79. The second kappa shape index (κ2) is 6.87. The van der Waals surface area contributed by atoms with Crippen LogP contribution >= 0.6 is 12.4 Å². The van der Waals surface area contributed by atoms with Crippen molar-refractivity contribution in [2.24, 2.45) is 0 Å². The molecule has 3 fully saturated rings. The van der Waals surface area contributed by atoms with E-state index in [4.69, 9.17) is 4.98 Å². The van der Waals surface area contributed by atoms with Gasteiger partial charge in [0.15, 0.2) is 0 Å². The molecule has 3 N–H and O–H groups in total. The Morgan fingerprint density at radius 3 is 2.59 bits per heavy atom. The largest absolute Gasteiger partial charge is 0.392 e. The number of H-pyrrole nitrogens is 1. The number of aromatic amines is 1. The molecule has 2 aliphatic carbocycles. The minimum atomic E-state index is -0.418. The van der Waals surface area contributed by atoms with Crippen molar-refractivity contribution < 1.29 is 9.90 Å². The lowest BCUT2D eigenvalue weighted by atomic mass is 9.76. The van der Waals surface area contributed by atoms with Crippen molar-refractivity contribution >= 4 is 18.3 Å². The standard InChI is InChI=1S/C19H26N4O3.ClH/c24-12-9-14(20-10-12)18(26)23-7-5-19(6-8-23)4-3-13-15(19)21-16(11-1-2-11)22-17(13)25;/h11-12,14,20,24H,1-10H2,(H,21,22,25);1H/t12-,14+;/m1./s1. The molecule has 5 rings (SSSR count). The maximum absolute atomic E-state index is 12.7. The smallest absolute Gasteiger partial charge is 0.254 e. The van der Waals surface area contributed by atoms with Crippen molar-refractivity contribution in [3.8, 4) is 0 Å². The van der Waals surface area contributed by atoms with Gasteiger partial charge < -0.3 is 20.3 Å². The number of hydrogen-bond acceptors (Lipinski definition) is 5. The van der Waals surface area contributed by atoms with Crippen molar-refractivity contribution in [2.45, 2.75) is 68.4 Å². The number of nitrogens with one attached hydrogen (secondary N) is 2. The number of β-amino-alcohol motifs (C(OH)–C–C–N with tert-alkyl or cyclic N) is 1. The molecular formula is C19H27ClN4O3. The first-order valence-corrected chi connectivity index (χ1v) is 9.89. The molecule has 1 saturated carbocycles. The highest BCUT2D eigenvalue weighted by molar-refractivity contribution is 5.85. The Bertz CT molecular complexity index is 799. The van der Waals surface area contributed by atoms with Crippen LogP contribution in [0.4, 0.5) is 0 Å². The minimum absolute atomic E-state index is 0. The number of rotatable bonds is 2. The summed E-state index contributed by atoms with van der Waals surface area (Å²) in [5, 5.41) is 12.8. The summed E-state index contributed by atoms with van der Waals surface area (Å²) >= 11 is 0. The Morgan fingerprint density at radius 2 is 1.96 bits per heavy atom.